The fraction of sp³-hybridized carbons (Fsp3) is 0.554. The molecule has 3 fully saturated rings. The molecule has 0 saturated carbocycles. The van der Waals surface area contributed by atoms with E-state index in [2.05, 4.69) is 90.3 Å². The predicted molar refractivity (Wildman–Crippen MR) is 341 cm³/mol. The molecule has 0 spiro atoms. The molecule has 472 valence electrons. The summed E-state index contributed by atoms with van der Waals surface area (Å²) in [6.07, 6.45) is 15.2. The third-order valence-electron chi connectivity index (χ3n) is 17.1. The van der Waals surface area contributed by atoms with Gasteiger partial charge < -0.3 is 68.2 Å². The number of hydrogen-bond acceptors (Lipinski definition) is 20. The highest BCUT2D eigenvalue weighted by Gasteiger charge is 2.34. The first-order valence-corrected chi connectivity index (χ1v) is 31.9. The number of hydrogen-bond donors (Lipinski definition) is 2. The smallest absolute Gasteiger partial charge is 0.318 e. The third-order valence-corrected chi connectivity index (χ3v) is 17.4. The number of likely N-dealkylation sites (tertiary alicyclic amines) is 1. The minimum Gasteiger partial charge on any atom is -0.475 e. The molecule has 0 aliphatic carbocycles. The van der Waals surface area contributed by atoms with Crippen molar-refractivity contribution < 1.29 is 38.3 Å². The van der Waals surface area contributed by atoms with E-state index in [1.807, 2.05) is 59.2 Å². The first kappa shape index (κ1) is 64.1. The lowest BCUT2D eigenvalue weighted by atomic mass is 9.99. The van der Waals surface area contributed by atoms with Gasteiger partial charge in [-0.05, 0) is 95.1 Å². The molecule has 88 heavy (non-hydrogen) atoms. The molecule has 0 bridgehead atoms. The van der Waals surface area contributed by atoms with Crippen LogP contribution in [0.3, 0.4) is 0 Å². The number of nitriles is 1. The second-order valence-electron chi connectivity index (χ2n) is 23.1. The highest BCUT2D eigenvalue weighted by Crippen LogP contribution is 2.38. The molecule has 23 heteroatoms. The summed E-state index contributed by atoms with van der Waals surface area (Å²) in [5.74, 6) is 3.02. The van der Waals surface area contributed by atoms with Gasteiger partial charge in [0.1, 0.15) is 30.7 Å². The summed E-state index contributed by atoms with van der Waals surface area (Å²) in [4.78, 5) is 46.6. The van der Waals surface area contributed by atoms with E-state index in [1.54, 1.807) is 6.08 Å². The number of piperidine rings is 1. The number of aliphatic hydroxyl groups is 1. The fourth-order valence-electron chi connectivity index (χ4n) is 12.2. The molecule has 2 aromatic carbocycles. The molecular formula is C65H87ClN14O8. The topological polar surface area (TPSA) is 217 Å². The van der Waals surface area contributed by atoms with Crippen molar-refractivity contribution in [2.24, 2.45) is 0 Å². The summed E-state index contributed by atoms with van der Waals surface area (Å²) in [5.41, 5.74) is 6.01. The third kappa shape index (κ3) is 16.9. The van der Waals surface area contributed by atoms with Crippen LogP contribution >= 0.6 is 11.6 Å². The van der Waals surface area contributed by atoms with Crippen molar-refractivity contribution in [3.63, 3.8) is 0 Å². The molecule has 6 aromatic rings. The Morgan fingerprint density at radius 1 is 0.852 bits per heavy atom. The number of rotatable bonds is 32. The Balaban J connectivity index is 0.579. The maximum Gasteiger partial charge on any atom is 0.318 e. The van der Waals surface area contributed by atoms with Crippen LogP contribution in [0.1, 0.15) is 74.3 Å². The number of anilines is 4. The number of halogens is 1. The average Bonchev–Trinajstić information content (AvgIpc) is 1.31. The molecule has 22 nitrogen and oxygen atoms in total. The van der Waals surface area contributed by atoms with Crippen molar-refractivity contribution in [3.05, 3.63) is 107 Å². The van der Waals surface area contributed by atoms with E-state index in [0.29, 0.717) is 130 Å². The van der Waals surface area contributed by atoms with Crippen LogP contribution in [0.2, 0.25) is 5.02 Å². The Morgan fingerprint density at radius 3 is 2.39 bits per heavy atom. The quantitative estimate of drug-likeness (QED) is 0.0314. The van der Waals surface area contributed by atoms with Gasteiger partial charge in [0.15, 0.2) is 5.65 Å². The Morgan fingerprint density at radius 2 is 1.64 bits per heavy atom. The van der Waals surface area contributed by atoms with Crippen LogP contribution in [0.25, 0.3) is 16.4 Å². The largest absolute Gasteiger partial charge is 0.475 e. The number of aromatic nitrogens is 6. The van der Waals surface area contributed by atoms with Gasteiger partial charge >= 0.3 is 6.01 Å². The molecule has 1 amide bonds. The SMILES string of the molecule is CCc1cnn2c(NCc3ccc(OCCOCCOCCOCCOCCN(C)C/C=C/C(=O)N4CCN(c5nc(OC[C@@H]6CCCN6C)nc6c5CCN(c5cccc7cccc(Cl)c57)C6)C[C@@H]4CC#N)nc3)cc(N3CCCC[C@H]3CCO)nc12. The number of nitrogens with zero attached hydrogens (tertiary/aromatic N) is 13. The maximum absolute atomic E-state index is 13.7. The molecule has 3 saturated heterocycles. The summed E-state index contributed by atoms with van der Waals surface area (Å²) in [6.45, 7) is 13.4. The minimum atomic E-state index is -0.316. The summed E-state index contributed by atoms with van der Waals surface area (Å²) in [7, 11) is 4.13. The van der Waals surface area contributed by atoms with Crippen molar-refractivity contribution in [1.29, 1.82) is 5.26 Å². The fourth-order valence-corrected chi connectivity index (χ4v) is 12.5. The number of piperazine rings is 1. The molecule has 4 aliphatic heterocycles. The number of carbonyl (C=O) groups excluding carboxylic acids is 1. The lowest BCUT2D eigenvalue weighted by molar-refractivity contribution is -0.128. The van der Waals surface area contributed by atoms with Gasteiger partial charge in [-0.15, -0.1) is 0 Å². The van der Waals surface area contributed by atoms with Crippen molar-refractivity contribution in [3.8, 4) is 18.0 Å². The number of pyridine rings is 1. The summed E-state index contributed by atoms with van der Waals surface area (Å²) >= 11 is 6.80. The average molecular weight is 1230 g/mol. The number of nitrogens with one attached hydrogen (secondary N) is 1. The number of aliphatic hydroxyl groups excluding tert-OH is 1. The number of carbonyl (C=O) groups is 1. The first-order valence-electron chi connectivity index (χ1n) is 31.5. The second-order valence-corrected chi connectivity index (χ2v) is 23.5. The van der Waals surface area contributed by atoms with Crippen LogP contribution in [0.4, 0.5) is 23.1 Å². The Bertz CT molecular complexity index is 3270. The Hall–Kier alpha value is -6.94. The molecule has 8 heterocycles. The molecule has 10 rings (SSSR count). The zero-order valence-electron chi connectivity index (χ0n) is 51.4. The number of benzene rings is 2. The monoisotopic (exact) mass is 1230 g/mol. The predicted octanol–water partition coefficient (Wildman–Crippen LogP) is 7.24. The lowest BCUT2D eigenvalue weighted by Crippen LogP contribution is -2.55. The molecule has 4 aromatic heterocycles. The summed E-state index contributed by atoms with van der Waals surface area (Å²) in [5, 5.41) is 30.8. The number of aryl methyl sites for hydroxylation is 1. The summed E-state index contributed by atoms with van der Waals surface area (Å²) in [6, 6.07) is 21.2. The number of likely N-dealkylation sites (N-methyl/N-ethyl adjacent to an activating group) is 2. The highest BCUT2D eigenvalue weighted by atomic mass is 35.5. The minimum absolute atomic E-state index is 0.107. The normalized spacial score (nSPS) is 18.3. The molecule has 0 unspecified atom stereocenters. The van der Waals surface area contributed by atoms with Crippen molar-refractivity contribution in [2.45, 2.75) is 95.9 Å². The Labute approximate surface area is 522 Å². The number of ether oxygens (including phenoxy) is 6. The van der Waals surface area contributed by atoms with Crippen LogP contribution in [0.5, 0.6) is 11.9 Å². The standard InChI is InChI=1S/C65H87ClN14O8/c1-4-49-44-70-80-58(41-59(72-63(49)80)78-26-6-5-13-51(78)22-31-81)68-42-48-18-19-60(69-43-48)87-40-39-86-38-37-85-36-35-84-34-33-83-32-30-74(2)24-10-17-61(82)79-29-28-77(45-52(79)20-23-67)64-54-21-27-76(57-16-8-12-50-11-7-15-55(66)62(50)57)46-56(54)71-65(73-64)88-47-53-14-9-25-75(53)3/h7-8,10-12,15-19,41,43-44,51-53,68,81H,4-6,9,13-14,20-22,24-40,42,45-47H2,1-3H3/b17-10+/t51-,52-,53-/m0/s1. The van der Waals surface area contributed by atoms with Crippen LogP contribution in [-0.2, 0) is 49.7 Å². The van der Waals surface area contributed by atoms with Gasteiger partial charge in [0, 0.05) is 118 Å². The number of fused-ring (bicyclic) bond motifs is 3. The molecule has 3 atom stereocenters. The molecular weight excluding hydrogens is 1140 g/mol. The van der Waals surface area contributed by atoms with Crippen LogP contribution in [-0.4, -0.2) is 213 Å². The van der Waals surface area contributed by atoms with E-state index < -0.39 is 0 Å². The van der Waals surface area contributed by atoms with Crippen molar-refractivity contribution in [1.82, 2.24) is 44.2 Å². The molecule has 4 aliphatic rings. The van der Waals surface area contributed by atoms with E-state index in [0.717, 1.165) is 132 Å². The van der Waals surface area contributed by atoms with E-state index in [9.17, 15) is 15.2 Å². The lowest BCUT2D eigenvalue weighted by Gasteiger charge is -2.42. The van der Waals surface area contributed by atoms with Crippen LogP contribution < -0.4 is 29.5 Å². The van der Waals surface area contributed by atoms with Crippen LogP contribution in [0.15, 0.2) is 79.1 Å². The zero-order chi connectivity index (χ0) is 61.0. The van der Waals surface area contributed by atoms with Gasteiger partial charge in [-0.25, -0.2) is 9.97 Å². The first-order chi connectivity index (χ1) is 43.2. The van der Waals surface area contributed by atoms with Gasteiger partial charge in [-0.2, -0.15) is 24.8 Å². The Kier molecular flexibility index (Phi) is 23.7. The van der Waals surface area contributed by atoms with Gasteiger partial charge in [-0.3, -0.25) is 4.79 Å². The second kappa shape index (κ2) is 32.5. The molecule has 0 radical (unpaired) electrons. The van der Waals surface area contributed by atoms with E-state index in [-0.39, 0.29) is 31.0 Å². The van der Waals surface area contributed by atoms with Crippen molar-refractivity contribution in [2.75, 3.05) is 159 Å². The summed E-state index contributed by atoms with van der Waals surface area (Å²) < 4.78 is 37.0. The highest BCUT2D eigenvalue weighted by molar-refractivity contribution is 6.36. The molecule has 2 N–H and O–H groups in total. The van der Waals surface area contributed by atoms with E-state index >= 15 is 0 Å². The van der Waals surface area contributed by atoms with Gasteiger partial charge in [0.25, 0.3) is 0 Å². The zero-order valence-corrected chi connectivity index (χ0v) is 52.2. The van der Waals surface area contributed by atoms with Crippen LogP contribution in [0, 0.1) is 11.3 Å². The van der Waals surface area contributed by atoms with Gasteiger partial charge in [0.05, 0.1) is 94.8 Å². The van der Waals surface area contributed by atoms with Gasteiger partial charge in [0.2, 0.25) is 11.8 Å². The van der Waals surface area contributed by atoms with Gasteiger partial charge in [-0.1, -0.05) is 54.9 Å². The maximum atomic E-state index is 13.7. The van der Waals surface area contributed by atoms with Crippen molar-refractivity contribution >= 4 is 57.1 Å². The van der Waals surface area contributed by atoms with E-state index in [1.165, 1.54) is 6.42 Å². The van der Waals surface area contributed by atoms with E-state index in [4.69, 9.17) is 55.0 Å². The number of amides is 1.